The Bertz CT molecular complexity index is 1180. The van der Waals surface area contributed by atoms with Gasteiger partial charge in [0.15, 0.2) is 0 Å². The van der Waals surface area contributed by atoms with Crippen LogP contribution in [0.3, 0.4) is 0 Å². The molecule has 9 atom stereocenters. The van der Waals surface area contributed by atoms with E-state index in [0.29, 0.717) is 42.0 Å². The van der Waals surface area contributed by atoms with E-state index < -0.39 is 5.41 Å². The standard InChI is InChI=1S/C36H50O3/c1-23(2)25-15-18-36(31(38)39-22-24-11-9-8-10-12-24)20-19-34(6)26(30(25)36)13-14-28-33(5)21-29(37)32(3,4)27(33)16-17-35(28,34)7/h8-12,25-28,30H,1,13-22H2,2-7H3/t25-,26+,27?,28+,30+,33-,34+,35+,36-/m0/s1. The van der Waals surface area contributed by atoms with Gasteiger partial charge in [-0.1, -0.05) is 77.1 Å². The SMILES string of the molecule is C=C(C)[C@@H]1CC[C@]2(C(=O)OCc3ccccc3)CC[C@]3(C)[C@H](CC[C@@H]4[C@@]5(C)CC(=O)C(C)(C)C5CC[C@]43C)[C@@H]12. The summed E-state index contributed by atoms with van der Waals surface area (Å²) in [6.07, 6.45) is 9.45. The molecule has 0 N–H and O–H groups in total. The first-order chi connectivity index (χ1) is 18.3. The first-order valence-corrected chi connectivity index (χ1v) is 15.7. The molecule has 3 nitrogen and oxygen atoms in total. The zero-order valence-corrected chi connectivity index (χ0v) is 25.3. The molecule has 1 unspecified atom stereocenters. The maximum absolute atomic E-state index is 14.1. The van der Waals surface area contributed by atoms with Crippen molar-refractivity contribution in [3.63, 3.8) is 0 Å². The Morgan fingerprint density at radius 3 is 2.31 bits per heavy atom. The third-order valence-electron chi connectivity index (χ3n) is 14.1. The van der Waals surface area contributed by atoms with Gasteiger partial charge in [-0.05, 0) is 110 Å². The molecule has 0 radical (unpaired) electrons. The number of fused-ring (bicyclic) bond motifs is 7. The Morgan fingerprint density at radius 1 is 0.897 bits per heavy atom. The molecular weight excluding hydrogens is 480 g/mol. The van der Waals surface area contributed by atoms with E-state index in [4.69, 9.17) is 4.74 Å². The van der Waals surface area contributed by atoms with Gasteiger partial charge >= 0.3 is 5.97 Å². The van der Waals surface area contributed by atoms with Gasteiger partial charge in [-0.15, -0.1) is 0 Å². The number of ketones is 1. The maximum Gasteiger partial charge on any atom is 0.312 e. The fourth-order valence-electron chi connectivity index (χ4n) is 11.9. The number of ether oxygens (including phenoxy) is 1. The van der Waals surface area contributed by atoms with Crippen LogP contribution in [0.4, 0.5) is 0 Å². The van der Waals surface area contributed by atoms with Gasteiger partial charge in [-0.2, -0.15) is 0 Å². The lowest BCUT2D eigenvalue weighted by Gasteiger charge is -2.70. The van der Waals surface area contributed by atoms with Crippen molar-refractivity contribution in [1.82, 2.24) is 0 Å². The maximum atomic E-state index is 14.1. The summed E-state index contributed by atoms with van der Waals surface area (Å²) in [5, 5.41) is 0. The second kappa shape index (κ2) is 8.80. The predicted molar refractivity (Wildman–Crippen MR) is 156 cm³/mol. The molecule has 5 fully saturated rings. The van der Waals surface area contributed by atoms with Gasteiger partial charge in [0.25, 0.3) is 0 Å². The van der Waals surface area contributed by atoms with Crippen LogP contribution >= 0.6 is 0 Å². The quantitative estimate of drug-likeness (QED) is 0.289. The number of benzene rings is 1. The molecule has 0 aromatic heterocycles. The van der Waals surface area contributed by atoms with Crippen LogP contribution in [0.15, 0.2) is 42.5 Å². The van der Waals surface area contributed by atoms with Gasteiger partial charge in [-0.25, -0.2) is 0 Å². The average Bonchev–Trinajstić information content (AvgIpc) is 3.37. The molecule has 0 saturated heterocycles. The van der Waals surface area contributed by atoms with Crippen LogP contribution in [-0.4, -0.2) is 11.8 Å². The van der Waals surface area contributed by atoms with Crippen molar-refractivity contribution in [2.75, 3.05) is 0 Å². The van der Waals surface area contributed by atoms with E-state index in [0.717, 1.165) is 50.5 Å². The first kappa shape index (κ1) is 27.3. The molecule has 0 heterocycles. The van der Waals surface area contributed by atoms with E-state index in [-0.39, 0.29) is 27.6 Å². The molecule has 5 aliphatic rings. The van der Waals surface area contributed by atoms with Crippen molar-refractivity contribution >= 4 is 11.8 Å². The van der Waals surface area contributed by atoms with Gasteiger partial charge in [-0.3, -0.25) is 9.59 Å². The zero-order chi connectivity index (χ0) is 28.0. The number of hydrogen-bond acceptors (Lipinski definition) is 3. The summed E-state index contributed by atoms with van der Waals surface area (Å²) < 4.78 is 6.15. The van der Waals surface area contributed by atoms with Crippen LogP contribution in [0.1, 0.15) is 105 Å². The van der Waals surface area contributed by atoms with Gasteiger partial charge in [0, 0.05) is 11.8 Å². The Labute approximate surface area is 236 Å². The number of rotatable bonds is 4. The summed E-state index contributed by atoms with van der Waals surface area (Å²) >= 11 is 0. The molecular formula is C36H50O3. The van der Waals surface area contributed by atoms with Crippen LogP contribution < -0.4 is 0 Å². The summed E-state index contributed by atoms with van der Waals surface area (Å²) in [4.78, 5) is 27.4. The lowest BCUT2D eigenvalue weighted by atomic mass is 9.34. The highest BCUT2D eigenvalue weighted by molar-refractivity contribution is 5.88. The van der Waals surface area contributed by atoms with Crippen molar-refractivity contribution in [2.45, 2.75) is 106 Å². The molecule has 5 aliphatic carbocycles. The van der Waals surface area contributed by atoms with E-state index >= 15 is 0 Å². The molecule has 212 valence electrons. The summed E-state index contributed by atoms with van der Waals surface area (Å²) in [6, 6.07) is 10.1. The van der Waals surface area contributed by atoms with Crippen molar-refractivity contribution in [3.8, 4) is 0 Å². The lowest BCUT2D eigenvalue weighted by Crippen LogP contribution is -2.64. The van der Waals surface area contributed by atoms with E-state index in [1.807, 2.05) is 30.3 Å². The summed E-state index contributed by atoms with van der Waals surface area (Å²) in [6.45, 7) is 19.1. The number of allylic oxidation sites excluding steroid dienone is 1. The van der Waals surface area contributed by atoms with Gasteiger partial charge in [0.1, 0.15) is 12.4 Å². The van der Waals surface area contributed by atoms with Crippen LogP contribution in [-0.2, 0) is 20.9 Å². The molecule has 0 amide bonds. The molecule has 0 bridgehead atoms. The molecule has 39 heavy (non-hydrogen) atoms. The van der Waals surface area contributed by atoms with Gasteiger partial charge in [0.05, 0.1) is 5.41 Å². The molecule has 5 saturated carbocycles. The van der Waals surface area contributed by atoms with Crippen LogP contribution in [0, 0.1) is 56.7 Å². The van der Waals surface area contributed by atoms with Crippen LogP contribution in [0.25, 0.3) is 0 Å². The van der Waals surface area contributed by atoms with Crippen molar-refractivity contribution in [1.29, 1.82) is 0 Å². The second-order valence-electron chi connectivity index (χ2n) is 15.7. The van der Waals surface area contributed by atoms with Gasteiger partial charge < -0.3 is 4.74 Å². The highest BCUT2D eigenvalue weighted by Crippen LogP contribution is 2.78. The van der Waals surface area contributed by atoms with Crippen LogP contribution in [0.2, 0.25) is 0 Å². The Hall–Kier alpha value is -1.90. The topological polar surface area (TPSA) is 43.4 Å². The minimum absolute atomic E-state index is 0.0354. The van der Waals surface area contributed by atoms with E-state index in [2.05, 4.69) is 48.1 Å². The minimum Gasteiger partial charge on any atom is -0.460 e. The van der Waals surface area contributed by atoms with Crippen molar-refractivity contribution in [2.24, 2.45) is 56.7 Å². The summed E-state index contributed by atoms with van der Waals surface area (Å²) in [7, 11) is 0. The Kier molecular flexibility index (Phi) is 6.15. The van der Waals surface area contributed by atoms with Crippen molar-refractivity contribution in [3.05, 3.63) is 48.0 Å². The lowest BCUT2D eigenvalue weighted by molar-refractivity contribution is -0.223. The summed E-state index contributed by atoms with van der Waals surface area (Å²) in [5.41, 5.74) is 2.14. The third-order valence-corrected chi connectivity index (χ3v) is 14.1. The minimum atomic E-state index is -0.391. The monoisotopic (exact) mass is 530 g/mol. The number of carbonyl (C=O) groups is 2. The average molecular weight is 531 g/mol. The number of Topliss-reactive ketones (excluding diaryl/α,β-unsaturated/α-hetero) is 1. The second-order valence-corrected chi connectivity index (χ2v) is 15.7. The molecule has 0 spiro atoms. The predicted octanol–water partition coefficient (Wildman–Crippen LogP) is 8.57. The van der Waals surface area contributed by atoms with E-state index in [1.165, 1.54) is 18.4 Å². The fraction of sp³-hybridized carbons (Fsp3) is 0.722. The molecule has 3 heteroatoms. The molecule has 0 aliphatic heterocycles. The molecule has 1 aromatic rings. The molecule has 1 aromatic carbocycles. The smallest absolute Gasteiger partial charge is 0.312 e. The van der Waals surface area contributed by atoms with Crippen LogP contribution in [0.5, 0.6) is 0 Å². The fourth-order valence-corrected chi connectivity index (χ4v) is 11.9. The normalized spacial score (nSPS) is 46.0. The van der Waals surface area contributed by atoms with E-state index in [9.17, 15) is 9.59 Å². The Morgan fingerprint density at radius 2 is 1.62 bits per heavy atom. The highest BCUT2D eigenvalue weighted by Gasteiger charge is 2.73. The van der Waals surface area contributed by atoms with E-state index in [1.54, 1.807) is 0 Å². The van der Waals surface area contributed by atoms with Crippen molar-refractivity contribution < 1.29 is 14.3 Å². The molecule has 6 rings (SSSR count). The Balaban J connectivity index is 1.34. The number of hydrogen-bond donors (Lipinski definition) is 0. The number of carbonyl (C=O) groups excluding carboxylic acids is 2. The first-order valence-electron chi connectivity index (χ1n) is 15.7. The summed E-state index contributed by atoms with van der Waals surface area (Å²) in [5.74, 6) is 2.76. The largest absolute Gasteiger partial charge is 0.460 e. The highest BCUT2D eigenvalue weighted by atomic mass is 16.5. The zero-order valence-electron chi connectivity index (χ0n) is 25.3. The third kappa shape index (κ3) is 3.53. The van der Waals surface area contributed by atoms with Gasteiger partial charge in [0.2, 0.25) is 0 Å². The number of esters is 1.